The zero-order valence-corrected chi connectivity index (χ0v) is 17.8. The van der Waals surface area contributed by atoms with Gasteiger partial charge in [-0.05, 0) is 35.4 Å². The molecule has 0 radical (unpaired) electrons. The summed E-state index contributed by atoms with van der Waals surface area (Å²) in [6.07, 6.45) is 0.850. The van der Waals surface area contributed by atoms with E-state index < -0.39 is 5.41 Å². The van der Waals surface area contributed by atoms with Crippen molar-refractivity contribution in [2.24, 2.45) is 0 Å². The number of nitrogens with zero attached hydrogens (tertiary/aromatic N) is 1. The van der Waals surface area contributed by atoms with Crippen LogP contribution in [0.5, 0.6) is 28.7 Å². The van der Waals surface area contributed by atoms with Gasteiger partial charge in [-0.15, -0.1) is 0 Å². The fourth-order valence-electron chi connectivity index (χ4n) is 5.21. The number of anilines is 1. The van der Waals surface area contributed by atoms with Gasteiger partial charge in [-0.2, -0.15) is 0 Å². The average molecular weight is 443 g/mol. The molecule has 0 fully saturated rings. The molecule has 1 spiro atoms. The quantitative estimate of drug-likeness (QED) is 0.600. The highest BCUT2D eigenvalue weighted by molar-refractivity contribution is 6.11. The maximum absolute atomic E-state index is 14.1. The number of para-hydroxylation sites is 1. The van der Waals surface area contributed by atoms with Crippen molar-refractivity contribution in [1.29, 1.82) is 0 Å². The number of carbonyl (C=O) groups is 1. The second-order valence-corrected chi connectivity index (χ2v) is 8.64. The first-order valence-electron chi connectivity index (χ1n) is 11.1. The molecule has 33 heavy (non-hydrogen) atoms. The van der Waals surface area contributed by atoms with Gasteiger partial charge in [0.05, 0.1) is 19.8 Å². The number of ether oxygens (including phenoxy) is 5. The topological polar surface area (TPSA) is 66.5 Å². The first-order chi connectivity index (χ1) is 16.2. The van der Waals surface area contributed by atoms with Gasteiger partial charge >= 0.3 is 0 Å². The highest BCUT2D eigenvalue weighted by Crippen LogP contribution is 2.55. The largest absolute Gasteiger partial charge is 0.491 e. The highest BCUT2D eigenvalue weighted by atomic mass is 16.7. The standard InChI is InChI=1S/C26H21NO6/c28-25-26(14-31-21-12-24-23(11-18(21)26)32-15-33-24)17-4-1-2-5-19(17)27(25)13-16-6-7-20-22(10-16)30-9-3-8-29-20/h1-2,4-7,10-12H,3,8-9,13-15H2. The van der Waals surface area contributed by atoms with E-state index in [0.717, 1.165) is 40.3 Å². The first kappa shape index (κ1) is 18.7. The molecule has 7 nitrogen and oxygen atoms in total. The molecule has 0 N–H and O–H groups in total. The van der Waals surface area contributed by atoms with E-state index in [2.05, 4.69) is 0 Å². The summed E-state index contributed by atoms with van der Waals surface area (Å²) in [5, 5.41) is 0. The van der Waals surface area contributed by atoms with Crippen molar-refractivity contribution >= 4 is 11.6 Å². The van der Waals surface area contributed by atoms with Crippen molar-refractivity contribution in [1.82, 2.24) is 0 Å². The zero-order chi connectivity index (χ0) is 22.0. The minimum atomic E-state index is -0.905. The fourth-order valence-corrected chi connectivity index (χ4v) is 5.21. The van der Waals surface area contributed by atoms with Gasteiger partial charge in [0.25, 0.3) is 0 Å². The first-order valence-corrected chi connectivity index (χ1v) is 11.1. The maximum atomic E-state index is 14.1. The molecule has 3 aromatic carbocycles. The maximum Gasteiger partial charge on any atom is 0.246 e. The van der Waals surface area contributed by atoms with Crippen LogP contribution < -0.4 is 28.6 Å². The van der Waals surface area contributed by atoms with Gasteiger partial charge in [0.2, 0.25) is 12.7 Å². The zero-order valence-electron chi connectivity index (χ0n) is 17.8. The van der Waals surface area contributed by atoms with Crippen molar-refractivity contribution in [3.63, 3.8) is 0 Å². The lowest BCUT2D eigenvalue weighted by Gasteiger charge is -2.23. The van der Waals surface area contributed by atoms with Crippen LogP contribution >= 0.6 is 0 Å². The Labute approximate surface area is 190 Å². The molecule has 4 heterocycles. The SMILES string of the molecule is O=C1N(Cc2ccc3c(c2)OCCCO3)c2ccccc2C12COc1cc3c(cc12)OCO3. The molecule has 1 unspecified atom stereocenters. The number of hydrogen-bond donors (Lipinski definition) is 0. The number of carbonyl (C=O) groups excluding carboxylic acids is 1. The van der Waals surface area contributed by atoms with Crippen LogP contribution in [0.3, 0.4) is 0 Å². The molecule has 166 valence electrons. The predicted molar refractivity (Wildman–Crippen MR) is 119 cm³/mol. The van der Waals surface area contributed by atoms with Gasteiger partial charge in [-0.1, -0.05) is 24.3 Å². The lowest BCUT2D eigenvalue weighted by Crippen LogP contribution is -2.42. The predicted octanol–water partition coefficient (Wildman–Crippen LogP) is 3.80. The lowest BCUT2D eigenvalue weighted by atomic mass is 9.77. The smallest absolute Gasteiger partial charge is 0.246 e. The van der Waals surface area contributed by atoms with Crippen molar-refractivity contribution in [2.45, 2.75) is 18.4 Å². The summed E-state index contributed by atoms with van der Waals surface area (Å²) in [5.74, 6) is 3.42. The third-order valence-electron chi connectivity index (χ3n) is 6.80. The summed E-state index contributed by atoms with van der Waals surface area (Å²) in [6.45, 7) is 2.11. The monoisotopic (exact) mass is 443 g/mol. The van der Waals surface area contributed by atoms with Crippen molar-refractivity contribution in [3.8, 4) is 28.7 Å². The number of fused-ring (bicyclic) bond motifs is 6. The van der Waals surface area contributed by atoms with E-state index in [4.69, 9.17) is 23.7 Å². The molecule has 4 aliphatic heterocycles. The van der Waals surface area contributed by atoms with Gasteiger partial charge in [-0.25, -0.2) is 0 Å². The van der Waals surface area contributed by atoms with E-state index in [1.54, 1.807) is 0 Å². The molecule has 4 aliphatic rings. The fraction of sp³-hybridized carbons (Fsp3) is 0.269. The second kappa shape index (κ2) is 6.81. The molecule has 0 aromatic heterocycles. The number of hydrogen-bond acceptors (Lipinski definition) is 6. The minimum absolute atomic E-state index is 0.00609. The molecule has 3 aromatic rings. The van der Waals surface area contributed by atoms with Crippen LogP contribution in [-0.4, -0.2) is 32.5 Å². The van der Waals surface area contributed by atoms with E-state index in [1.807, 2.05) is 59.5 Å². The molecule has 1 atom stereocenters. The van der Waals surface area contributed by atoms with Crippen molar-refractivity contribution < 1.29 is 28.5 Å². The van der Waals surface area contributed by atoms with Crippen LogP contribution in [-0.2, 0) is 16.8 Å². The summed E-state index contributed by atoms with van der Waals surface area (Å²) in [5.41, 5.74) is 2.73. The third-order valence-corrected chi connectivity index (χ3v) is 6.80. The molecule has 0 aliphatic carbocycles. The normalized spacial score (nSPS) is 21.6. The Morgan fingerprint density at radius 1 is 0.758 bits per heavy atom. The molecule has 0 saturated carbocycles. The molecule has 1 amide bonds. The Morgan fingerprint density at radius 2 is 1.55 bits per heavy atom. The number of rotatable bonds is 2. The third kappa shape index (κ3) is 2.59. The van der Waals surface area contributed by atoms with E-state index in [0.29, 0.717) is 37.0 Å². The number of benzene rings is 3. The van der Waals surface area contributed by atoms with Crippen LogP contribution in [0.25, 0.3) is 0 Å². The van der Waals surface area contributed by atoms with Crippen molar-refractivity contribution in [3.05, 3.63) is 71.3 Å². The van der Waals surface area contributed by atoms with E-state index in [9.17, 15) is 4.79 Å². The van der Waals surface area contributed by atoms with Crippen LogP contribution in [0.2, 0.25) is 0 Å². The van der Waals surface area contributed by atoms with Crippen LogP contribution in [0.1, 0.15) is 23.1 Å². The van der Waals surface area contributed by atoms with Gasteiger partial charge in [0.1, 0.15) is 17.8 Å². The summed E-state index contributed by atoms with van der Waals surface area (Å²) in [7, 11) is 0. The van der Waals surface area contributed by atoms with Crippen LogP contribution in [0, 0.1) is 0 Å². The Kier molecular flexibility index (Phi) is 3.86. The van der Waals surface area contributed by atoms with Gasteiger partial charge in [0.15, 0.2) is 23.0 Å². The van der Waals surface area contributed by atoms with Gasteiger partial charge < -0.3 is 28.6 Å². The van der Waals surface area contributed by atoms with E-state index in [-0.39, 0.29) is 19.3 Å². The summed E-state index contributed by atoms with van der Waals surface area (Å²) < 4.78 is 28.8. The summed E-state index contributed by atoms with van der Waals surface area (Å²) in [6, 6.07) is 17.6. The molecule has 7 rings (SSSR count). The van der Waals surface area contributed by atoms with E-state index >= 15 is 0 Å². The average Bonchev–Trinajstić information content (AvgIpc) is 3.45. The van der Waals surface area contributed by atoms with Crippen LogP contribution in [0.15, 0.2) is 54.6 Å². The molecular formula is C26H21NO6. The highest BCUT2D eigenvalue weighted by Gasteiger charge is 2.57. The second-order valence-electron chi connectivity index (χ2n) is 8.64. The summed E-state index contributed by atoms with van der Waals surface area (Å²) >= 11 is 0. The lowest BCUT2D eigenvalue weighted by molar-refractivity contribution is -0.122. The molecule has 0 bridgehead atoms. The Bertz CT molecular complexity index is 1300. The Balaban J connectivity index is 1.31. The number of amides is 1. The van der Waals surface area contributed by atoms with Gasteiger partial charge in [-0.3, -0.25) is 4.79 Å². The summed E-state index contributed by atoms with van der Waals surface area (Å²) in [4.78, 5) is 16.0. The van der Waals surface area contributed by atoms with Crippen molar-refractivity contribution in [2.75, 3.05) is 31.5 Å². The molecular weight excluding hydrogens is 422 g/mol. The Morgan fingerprint density at radius 3 is 2.45 bits per heavy atom. The van der Waals surface area contributed by atoms with E-state index in [1.165, 1.54) is 0 Å². The molecule has 7 heteroatoms. The van der Waals surface area contributed by atoms with Gasteiger partial charge in [0, 0.05) is 23.7 Å². The molecule has 0 saturated heterocycles. The van der Waals surface area contributed by atoms with Crippen LogP contribution in [0.4, 0.5) is 5.69 Å². The minimum Gasteiger partial charge on any atom is -0.491 e. The Hall–Kier alpha value is -3.87.